The number of phenols is 1. The highest BCUT2D eigenvalue weighted by Crippen LogP contribution is 2.39. The summed E-state index contributed by atoms with van der Waals surface area (Å²) in [5.74, 6) is 0.674. The van der Waals surface area contributed by atoms with Gasteiger partial charge in [-0.1, -0.05) is 84.6 Å². The van der Waals surface area contributed by atoms with Gasteiger partial charge in [-0.2, -0.15) is 0 Å². The summed E-state index contributed by atoms with van der Waals surface area (Å²) in [5, 5.41) is 20.3. The lowest BCUT2D eigenvalue weighted by molar-refractivity contribution is 0.282. The van der Waals surface area contributed by atoms with Gasteiger partial charge in [-0.25, -0.2) is 0 Å². The third-order valence-corrected chi connectivity index (χ3v) is 5.65. The lowest BCUT2D eigenvalue weighted by atomic mass is 9.79. The molecule has 2 aromatic rings. The van der Waals surface area contributed by atoms with Gasteiger partial charge in [0.15, 0.2) is 0 Å². The third kappa shape index (κ3) is 5.35. The fourth-order valence-electron chi connectivity index (χ4n) is 3.76. The largest absolute Gasteiger partial charge is 0.507 e. The molecule has 2 N–H and O–H groups in total. The first-order valence-electron chi connectivity index (χ1n) is 10.4. The van der Waals surface area contributed by atoms with Crippen LogP contribution in [0, 0.1) is 0 Å². The third-order valence-electron chi connectivity index (χ3n) is 5.65. The quantitative estimate of drug-likeness (QED) is 0.471. The molecule has 2 rings (SSSR count). The lowest BCUT2D eigenvalue weighted by Gasteiger charge is -2.26. The van der Waals surface area contributed by atoms with E-state index < -0.39 is 0 Å². The first-order chi connectivity index (χ1) is 12.8. The molecular weight excluding hydrogens is 332 g/mol. The predicted molar refractivity (Wildman–Crippen MR) is 115 cm³/mol. The molecule has 0 aliphatic heterocycles. The number of hydrogen-bond donors (Lipinski definition) is 2. The molecule has 0 saturated heterocycles. The molecule has 0 aromatic heterocycles. The van der Waals surface area contributed by atoms with Crippen molar-refractivity contribution in [3.8, 4) is 16.9 Å². The van der Waals surface area contributed by atoms with E-state index >= 15 is 0 Å². The standard InChI is InChI=1S/C25H36O2/c1-6-7-8-9-14-25(4,5)20-11-13-22(24(27)16-20)23-15-19(17-26)10-12-21(23)18(2)3/h10-13,15-16,18,26-27H,6-9,14,17H2,1-5H3. The average Bonchev–Trinajstić information content (AvgIpc) is 2.64. The molecule has 2 nitrogen and oxygen atoms in total. The Morgan fingerprint density at radius 1 is 0.926 bits per heavy atom. The highest BCUT2D eigenvalue weighted by molar-refractivity contribution is 5.74. The average molecular weight is 369 g/mol. The molecule has 0 amide bonds. The maximum Gasteiger partial charge on any atom is 0.123 e. The predicted octanol–water partition coefficient (Wildman–Crippen LogP) is 6.92. The molecule has 0 aliphatic carbocycles. The molecule has 0 unspecified atom stereocenters. The van der Waals surface area contributed by atoms with E-state index in [-0.39, 0.29) is 12.0 Å². The molecule has 148 valence electrons. The topological polar surface area (TPSA) is 40.5 Å². The van der Waals surface area contributed by atoms with E-state index in [1.807, 2.05) is 24.3 Å². The molecule has 27 heavy (non-hydrogen) atoms. The minimum absolute atomic E-state index is 0.00894. The van der Waals surface area contributed by atoms with Crippen LogP contribution in [-0.2, 0) is 12.0 Å². The Kier molecular flexibility index (Phi) is 7.49. The van der Waals surface area contributed by atoms with Gasteiger partial charge in [-0.15, -0.1) is 0 Å². The first-order valence-corrected chi connectivity index (χ1v) is 10.4. The number of aliphatic hydroxyl groups excluding tert-OH is 1. The second-order valence-corrected chi connectivity index (χ2v) is 8.66. The fraction of sp³-hybridized carbons (Fsp3) is 0.520. The smallest absolute Gasteiger partial charge is 0.123 e. The van der Waals surface area contributed by atoms with Crippen LogP contribution in [0.2, 0.25) is 0 Å². The van der Waals surface area contributed by atoms with Gasteiger partial charge in [0.25, 0.3) is 0 Å². The van der Waals surface area contributed by atoms with Gasteiger partial charge in [-0.3, -0.25) is 0 Å². The van der Waals surface area contributed by atoms with Crippen molar-refractivity contribution in [3.05, 3.63) is 53.1 Å². The summed E-state index contributed by atoms with van der Waals surface area (Å²) < 4.78 is 0. The van der Waals surface area contributed by atoms with Gasteiger partial charge in [0.2, 0.25) is 0 Å². The highest BCUT2D eigenvalue weighted by atomic mass is 16.3. The van der Waals surface area contributed by atoms with Crippen LogP contribution in [0.4, 0.5) is 0 Å². The number of hydrogen-bond acceptors (Lipinski definition) is 2. The van der Waals surface area contributed by atoms with Crippen LogP contribution in [-0.4, -0.2) is 10.2 Å². The minimum atomic E-state index is 0.00894. The second kappa shape index (κ2) is 9.41. The Morgan fingerprint density at radius 2 is 1.67 bits per heavy atom. The summed E-state index contributed by atoms with van der Waals surface area (Å²) in [7, 11) is 0. The van der Waals surface area contributed by atoms with E-state index in [9.17, 15) is 10.2 Å². The molecule has 0 radical (unpaired) electrons. The van der Waals surface area contributed by atoms with Crippen LogP contribution in [0.1, 0.15) is 89.3 Å². The Labute approximate surface area is 165 Å². The van der Waals surface area contributed by atoms with Crippen LogP contribution in [0.5, 0.6) is 5.75 Å². The number of aromatic hydroxyl groups is 1. The SMILES string of the molecule is CCCCCCC(C)(C)c1ccc(-c2cc(CO)ccc2C(C)C)c(O)c1. The molecule has 0 spiro atoms. The summed E-state index contributed by atoms with van der Waals surface area (Å²) in [6.07, 6.45) is 6.17. The lowest BCUT2D eigenvalue weighted by Crippen LogP contribution is -2.17. The van der Waals surface area contributed by atoms with Crippen molar-refractivity contribution < 1.29 is 10.2 Å². The van der Waals surface area contributed by atoms with Gasteiger partial charge in [0.1, 0.15) is 5.75 Å². The monoisotopic (exact) mass is 368 g/mol. The van der Waals surface area contributed by atoms with Crippen LogP contribution in [0.25, 0.3) is 11.1 Å². The van der Waals surface area contributed by atoms with Crippen molar-refractivity contribution >= 4 is 0 Å². The van der Waals surface area contributed by atoms with Crippen molar-refractivity contribution in [2.24, 2.45) is 0 Å². The number of phenolic OH excluding ortho intramolecular Hbond substituents is 1. The van der Waals surface area contributed by atoms with Gasteiger partial charge in [0.05, 0.1) is 6.61 Å². The Hall–Kier alpha value is -1.80. The number of benzene rings is 2. The molecule has 0 saturated carbocycles. The van der Waals surface area contributed by atoms with Crippen molar-refractivity contribution in [2.45, 2.75) is 84.7 Å². The Bertz CT molecular complexity index is 744. The van der Waals surface area contributed by atoms with Crippen molar-refractivity contribution in [3.63, 3.8) is 0 Å². The molecule has 2 heteroatoms. The van der Waals surface area contributed by atoms with E-state index in [0.717, 1.165) is 23.1 Å². The molecule has 2 aromatic carbocycles. The van der Waals surface area contributed by atoms with E-state index in [0.29, 0.717) is 11.7 Å². The first kappa shape index (κ1) is 21.5. The summed E-state index contributed by atoms with van der Waals surface area (Å²) in [4.78, 5) is 0. The van der Waals surface area contributed by atoms with Gasteiger partial charge in [-0.05, 0) is 52.1 Å². The number of rotatable bonds is 9. The summed E-state index contributed by atoms with van der Waals surface area (Å²) >= 11 is 0. The van der Waals surface area contributed by atoms with E-state index in [4.69, 9.17) is 0 Å². The van der Waals surface area contributed by atoms with Crippen molar-refractivity contribution in [1.82, 2.24) is 0 Å². The van der Waals surface area contributed by atoms with E-state index in [1.54, 1.807) is 0 Å². The molecule has 0 heterocycles. The zero-order chi connectivity index (χ0) is 20.0. The van der Waals surface area contributed by atoms with E-state index in [2.05, 4.69) is 46.8 Å². The van der Waals surface area contributed by atoms with Crippen LogP contribution >= 0.6 is 0 Å². The summed E-state index contributed by atoms with van der Waals surface area (Å²) in [6, 6.07) is 12.2. The Morgan fingerprint density at radius 3 is 2.26 bits per heavy atom. The zero-order valence-electron chi connectivity index (χ0n) is 17.7. The second-order valence-electron chi connectivity index (χ2n) is 8.66. The summed E-state index contributed by atoms with van der Waals surface area (Å²) in [5.41, 5.74) is 5.16. The molecular formula is C25H36O2. The van der Waals surface area contributed by atoms with Crippen molar-refractivity contribution in [2.75, 3.05) is 0 Å². The molecule has 0 bridgehead atoms. The van der Waals surface area contributed by atoms with Crippen molar-refractivity contribution in [1.29, 1.82) is 0 Å². The van der Waals surface area contributed by atoms with Crippen LogP contribution in [0.3, 0.4) is 0 Å². The normalized spacial score (nSPS) is 12.0. The van der Waals surface area contributed by atoms with Crippen LogP contribution in [0.15, 0.2) is 36.4 Å². The van der Waals surface area contributed by atoms with Crippen LogP contribution < -0.4 is 0 Å². The van der Waals surface area contributed by atoms with Gasteiger partial charge < -0.3 is 10.2 Å². The molecule has 0 aliphatic rings. The fourth-order valence-corrected chi connectivity index (χ4v) is 3.76. The zero-order valence-corrected chi connectivity index (χ0v) is 17.7. The molecule has 0 atom stereocenters. The number of aliphatic hydroxyl groups is 1. The van der Waals surface area contributed by atoms with Gasteiger partial charge in [0, 0.05) is 5.56 Å². The maximum absolute atomic E-state index is 10.8. The Balaban J connectivity index is 2.34. The summed E-state index contributed by atoms with van der Waals surface area (Å²) in [6.45, 7) is 11.1. The minimum Gasteiger partial charge on any atom is -0.507 e. The van der Waals surface area contributed by atoms with Gasteiger partial charge >= 0.3 is 0 Å². The number of unbranched alkanes of at least 4 members (excludes halogenated alkanes) is 3. The highest BCUT2D eigenvalue weighted by Gasteiger charge is 2.22. The molecule has 0 fully saturated rings. The van der Waals surface area contributed by atoms with E-state index in [1.165, 1.54) is 36.8 Å². The maximum atomic E-state index is 10.8.